The second-order valence-corrected chi connectivity index (χ2v) is 10.4. The number of hydrogen-bond acceptors (Lipinski definition) is 1. The largest absolute Gasteiger partial charge is 0.294 e. The summed E-state index contributed by atoms with van der Waals surface area (Å²) in [4.78, 5) is 2.96. The van der Waals surface area contributed by atoms with Crippen molar-refractivity contribution in [2.24, 2.45) is 22.7 Å². The predicted molar refractivity (Wildman–Crippen MR) is 91.4 cm³/mol. The first-order valence-corrected chi connectivity index (χ1v) is 9.43. The first-order chi connectivity index (χ1) is 9.66. The van der Waals surface area contributed by atoms with E-state index >= 15 is 0 Å². The summed E-state index contributed by atoms with van der Waals surface area (Å²) >= 11 is 0. The lowest BCUT2D eigenvalue weighted by molar-refractivity contribution is -0.112. The Kier molecular flexibility index (Phi) is 3.96. The van der Waals surface area contributed by atoms with Gasteiger partial charge in [0.15, 0.2) is 0 Å². The van der Waals surface area contributed by atoms with E-state index in [1.165, 1.54) is 44.9 Å². The lowest BCUT2D eigenvalue weighted by Gasteiger charge is -2.61. The van der Waals surface area contributed by atoms with Gasteiger partial charge in [-0.1, -0.05) is 41.5 Å². The van der Waals surface area contributed by atoms with Gasteiger partial charge in [0, 0.05) is 18.1 Å². The summed E-state index contributed by atoms with van der Waals surface area (Å²) < 4.78 is 0. The molecule has 1 aliphatic heterocycles. The third-order valence-corrected chi connectivity index (χ3v) is 7.07. The normalized spacial score (nSPS) is 41.7. The smallest absolute Gasteiger partial charge is 0.0119 e. The van der Waals surface area contributed by atoms with Gasteiger partial charge in [-0.3, -0.25) is 4.90 Å². The Morgan fingerprint density at radius 3 is 1.48 bits per heavy atom. The molecular weight excluding hydrogens is 254 g/mol. The fourth-order valence-corrected chi connectivity index (χ4v) is 5.45. The number of hydrogen-bond donors (Lipinski definition) is 0. The molecule has 122 valence electrons. The van der Waals surface area contributed by atoms with Gasteiger partial charge in [-0.25, -0.2) is 0 Å². The fraction of sp³-hybridized carbons (Fsp3) is 1.00. The highest BCUT2D eigenvalue weighted by Gasteiger charge is 2.50. The minimum atomic E-state index is 0.521. The Morgan fingerprint density at radius 1 is 0.571 bits per heavy atom. The summed E-state index contributed by atoms with van der Waals surface area (Å²) in [5.74, 6) is 1.92. The zero-order valence-corrected chi connectivity index (χ0v) is 15.3. The minimum Gasteiger partial charge on any atom is -0.294 e. The first kappa shape index (κ1) is 15.8. The Balaban J connectivity index is 1.55. The van der Waals surface area contributed by atoms with Crippen LogP contribution in [0.15, 0.2) is 0 Å². The lowest BCUT2D eigenvalue weighted by atomic mass is 9.63. The molecule has 3 fully saturated rings. The van der Waals surface area contributed by atoms with E-state index in [-0.39, 0.29) is 0 Å². The summed E-state index contributed by atoms with van der Waals surface area (Å²) in [6.07, 6.45) is 10.3. The maximum atomic E-state index is 2.96. The second-order valence-electron chi connectivity index (χ2n) is 10.4. The SMILES string of the molecule is CC(C)(C)C1CCC(N2C3CC2CC(C(C)(C)C)C3)CC1. The second kappa shape index (κ2) is 5.25. The molecule has 1 nitrogen and oxygen atoms in total. The predicted octanol–water partition coefficient (Wildman–Crippen LogP) is 5.49. The van der Waals surface area contributed by atoms with Crippen molar-refractivity contribution in [2.75, 3.05) is 0 Å². The monoisotopic (exact) mass is 291 g/mol. The maximum Gasteiger partial charge on any atom is 0.0119 e. The Labute approximate surface area is 132 Å². The molecule has 1 saturated heterocycles. The quantitative estimate of drug-likeness (QED) is 0.617. The van der Waals surface area contributed by atoms with Gasteiger partial charge < -0.3 is 0 Å². The van der Waals surface area contributed by atoms with Crippen molar-refractivity contribution in [2.45, 2.75) is 105 Å². The number of likely N-dealkylation sites (tertiary alicyclic amines) is 1. The van der Waals surface area contributed by atoms with E-state index < -0.39 is 0 Å². The molecule has 0 N–H and O–H groups in total. The lowest BCUT2D eigenvalue weighted by Crippen LogP contribution is -2.65. The summed E-state index contributed by atoms with van der Waals surface area (Å²) in [6.45, 7) is 14.6. The van der Waals surface area contributed by atoms with Crippen LogP contribution in [0.5, 0.6) is 0 Å². The van der Waals surface area contributed by atoms with Crippen molar-refractivity contribution in [1.29, 1.82) is 0 Å². The fourth-order valence-electron chi connectivity index (χ4n) is 5.45. The number of piperidine rings is 1. The van der Waals surface area contributed by atoms with Crippen LogP contribution in [0.1, 0.15) is 86.5 Å². The molecule has 2 saturated carbocycles. The van der Waals surface area contributed by atoms with E-state index in [1.807, 2.05) is 0 Å². The highest BCUT2D eigenvalue weighted by atomic mass is 15.3. The zero-order valence-electron chi connectivity index (χ0n) is 15.3. The summed E-state index contributed by atoms with van der Waals surface area (Å²) in [5, 5.41) is 0. The molecule has 0 amide bonds. The molecule has 2 aliphatic carbocycles. The van der Waals surface area contributed by atoms with Gasteiger partial charge in [-0.15, -0.1) is 0 Å². The van der Waals surface area contributed by atoms with E-state index in [0.29, 0.717) is 10.8 Å². The molecular formula is C20H37N. The molecule has 0 aromatic carbocycles. The van der Waals surface area contributed by atoms with E-state index in [4.69, 9.17) is 0 Å². The van der Waals surface area contributed by atoms with E-state index in [9.17, 15) is 0 Å². The maximum absolute atomic E-state index is 2.96. The number of nitrogens with zero attached hydrogens (tertiary/aromatic N) is 1. The Morgan fingerprint density at radius 2 is 1.05 bits per heavy atom. The topological polar surface area (TPSA) is 3.24 Å². The Hall–Kier alpha value is -0.0400. The van der Waals surface area contributed by atoms with Crippen molar-refractivity contribution in [1.82, 2.24) is 4.90 Å². The van der Waals surface area contributed by atoms with Gasteiger partial charge in [0.1, 0.15) is 0 Å². The minimum absolute atomic E-state index is 0.521. The molecule has 2 bridgehead atoms. The molecule has 3 rings (SSSR count). The Bertz CT molecular complexity index is 352. The van der Waals surface area contributed by atoms with Crippen molar-refractivity contribution in [3.05, 3.63) is 0 Å². The van der Waals surface area contributed by atoms with Crippen LogP contribution in [-0.4, -0.2) is 23.0 Å². The molecule has 1 heteroatoms. The summed E-state index contributed by atoms with van der Waals surface area (Å²) in [7, 11) is 0. The molecule has 0 aromatic rings. The molecule has 1 heterocycles. The average Bonchev–Trinajstić information content (AvgIpc) is 2.37. The van der Waals surface area contributed by atoms with Gasteiger partial charge in [0.05, 0.1) is 0 Å². The molecule has 21 heavy (non-hydrogen) atoms. The molecule has 2 atom stereocenters. The molecule has 0 radical (unpaired) electrons. The van der Waals surface area contributed by atoms with E-state index in [2.05, 4.69) is 46.4 Å². The molecule has 3 aliphatic rings. The summed E-state index contributed by atoms with van der Waals surface area (Å²) in [6, 6.07) is 2.79. The van der Waals surface area contributed by atoms with Crippen molar-refractivity contribution >= 4 is 0 Å². The van der Waals surface area contributed by atoms with Crippen LogP contribution >= 0.6 is 0 Å². The highest BCUT2D eigenvalue weighted by Crippen LogP contribution is 2.50. The van der Waals surface area contributed by atoms with Crippen LogP contribution in [0, 0.1) is 22.7 Å². The van der Waals surface area contributed by atoms with Crippen molar-refractivity contribution < 1.29 is 0 Å². The third-order valence-electron chi connectivity index (χ3n) is 7.07. The highest BCUT2D eigenvalue weighted by molar-refractivity contribution is 5.05. The van der Waals surface area contributed by atoms with Crippen LogP contribution in [0.3, 0.4) is 0 Å². The van der Waals surface area contributed by atoms with E-state index in [1.54, 1.807) is 0 Å². The van der Waals surface area contributed by atoms with Crippen molar-refractivity contribution in [3.63, 3.8) is 0 Å². The van der Waals surface area contributed by atoms with Crippen LogP contribution in [0.25, 0.3) is 0 Å². The van der Waals surface area contributed by atoms with Gasteiger partial charge in [0.2, 0.25) is 0 Å². The van der Waals surface area contributed by atoms with Gasteiger partial charge in [-0.05, 0) is 67.6 Å². The molecule has 2 unspecified atom stereocenters. The van der Waals surface area contributed by atoms with Gasteiger partial charge in [0.25, 0.3) is 0 Å². The number of rotatable bonds is 1. The van der Waals surface area contributed by atoms with Crippen LogP contribution in [0.4, 0.5) is 0 Å². The van der Waals surface area contributed by atoms with Crippen LogP contribution < -0.4 is 0 Å². The number of fused-ring (bicyclic) bond motifs is 2. The zero-order chi connectivity index (χ0) is 15.4. The first-order valence-electron chi connectivity index (χ1n) is 9.43. The van der Waals surface area contributed by atoms with Crippen LogP contribution in [0.2, 0.25) is 0 Å². The van der Waals surface area contributed by atoms with Gasteiger partial charge >= 0.3 is 0 Å². The molecule has 0 aromatic heterocycles. The third kappa shape index (κ3) is 3.05. The van der Waals surface area contributed by atoms with Crippen LogP contribution in [-0.2, 0) is 0 Å². The van der Waals surface area contributed by atoms with E-state index in [0.717, 1.165) is 30.0 Å². The summed E-state index contributed by atoms with van der Waals surface area (Å²) in [5.41, 5.74) is 1.04. The standard InChI is InChI=1S/C20H37N/c1-19(2,3)14-7-9-16(10-8-14)21-17-11-15(20(4,5)6)12-18(21)13-17/h14-18H,7-13H2,1-6H3. The average molecular weight is 292 g/mol. The van der Waals surface area contributed by atoms with Gasteiger partial charge in [-0.2, -0.15) is 0 Å². The van der Waals surface area contributed by atoms with Crippen molar-refractivity contribution in [3.8, 4) is 0 Å². The molecule has 0 spiro atoms.